The number of amides is 1. The van der Waals surface area contributed by atoms with Gasteiger partial charge in [0.2, 0.25) is 0 Å². The summed E-state index contributed by atoms with van der Waals surface area (Å²) in [7, 11) is 1.47. The average molecular weight is 296 g/mol. The molecule has 100 valence electrons. The van der Waals surface area contributed by atoms with Crippen molar-refractivity contribution in [3.05, 3.63) is 27.4 Å². The molecule has 0 fully saturated rings. The van der Waals surface area contributed by atoms with E-state index in [0.717, 1.165) is 10.6 Å². The molecule has 2 rings (SSSR count). The van der Waals surface area contributed by atoms with Crippen LogP contribution >= 0.6 is 22.7 Å². The zero-order valence-corrected chi connectivity index (χ0v) is 12.0. The van der Waals surface area contributed by atoms with Gasteiger partial charge in [0.1, 0.15) is 16.4 Å². The van der Waals surface area contributed by atoms with Crippen LogP contribution in [0.25, 0.3) is 10.6 Å². The van der Waals surface area contributed by atoms with Crippen LogP contribution < -0.4 is 0 Å². The van der Waals surface area contributed by atoms with Crippen LogP contribution in [0.4, 0.5) is 0 Å². The standard InChI is InChI=1S/C12H12N2O3S2/c1-7-10(12(17)14(2)5-9(15)16)19-11(13-7)8-3-4-18-6-8/h3-4,6H,5H2,1-2H3,(H,15,16). The number of carbonyl (C=O) groups is 2. The van der Waals surface area contributed by atoms with Crippen molar-refractivity contribution in [2.24, 2.45) is 0 Å². The van der Waals surface area contributed by atoms with Gasteiger partial charge in [-0.15, -0.1) is 11.3 Å². The number of aliphatic carboxylic acids is 1. The molecule has 0 saturated carbocycles. The van der Waals surface area contributed by atoms with E-state index in [1.54, 1.807) is 18.3 Å². The van der Waals surface area contributed by atoms with Crippen molar-refractivity contribution in [3.63, 3.8) is 0 Å². The van der Waals surface area contributed by atoms with E-state index in [0.29, 0.717) is 10.6 Å². The molecule has 0 aliphatic heterocycles. The number of carbonyl (C=O) groups excluding carboxylic acids is 1. The predicted octanol–water partition coefficient (Wildman–Crippen LogP) is 2.34. The van der Waals surface area contributed by atoms with Gasteiger partial charge in [0.15, 0.2) is 0 Å². The Hall–Kier alpha value is -1.73. The van der Waals surface area contributed by atoms with Crippen LogP contribution in [0.15, 0.2) is 16.8 Å². The largest absolute Gasteiger partial charge is 0.480 e. The fraction of sp³-hybridized carbons (Fsp3) is 0.250. The van der Waals surface area contributed by atoms with E-state index in [9.17, 15) is 9.59 Å². The lowest BCUT2D eigenvalue weighted by Gasteiger charge is -2.13. The molecule has 2 aromatic heterocycles. The van der Waals surface area contributed by atoms with Gasteiger partial charge in [0, 0.05) is 18.0 Å². The van der Waals surface area contributed by atoms with Crippen LogP contribution in [0.2, 0.25) is 0 Å². The lowest BCUT2D eigenvalue weighted by Crippen LogP contribution is -2.31. The van der Waals surface area contributed by atoms with E-state index in [1.165, 1.54) is 23.3 Å². The number of aryl methyl sites for hydroxylation is 1. The molecule has 0 aliphatic carbocycles. The molecule has 2 heterocycles. The third-order valence-corrected chi connectivity index (χ3v) is 4.36. The molecule has 0 unspecified atom stereocenters. The normalized spacial score (nSPS) is 10.4. The van der Waals surface area contributed by atoms with Crippen molar-refractivity contribution in [3.8, 4) is 10.6 Å². The van der Waals surface area contributed by atoms with Gasteiger partial charge in [-0.05, 0) is 18.4 Å². The average Bonchev–Trinajstić information content (AvgIpc) is 2.95. The van der Waals surface area contributed by atoms with Gasteiger partial charge in [-0.3, -0.25) is 9.59 Å². The van der Waals surface area contributed by atoms with E-state index < -0.39 is 5.97 Å². The van der Waals surface area contributed by atoms with Gasteiger partial charge in [-0.2, -0.15) is 11.3 Å². The Morgan fingerprint density at radius 2 is 2.21 bits per heavy atom. The van der Waals surface area contributed by atoms with Gasteiger partial charge in [-0.25, -0.2) is 4.98 Å². The maximum atomic E-state index is 12.1. The number of nitrogens with zero attached hydrogens (tertiary/aromatic N) is 2. The van der Waals surface area contributed by atoms with Crippen molar-refractivity contribution in [2.45, 2.75) is 6.92 Å². The summed E-state index contributed by atoms with van der Waals surface area (Å²) in [4.78, 5) is 28.8. The number of carboxylic acids is 1. The lowest BCUT2D eigenvalue weighted by molar-refractivity contribution is -0.137. The molecule has 5 nitrogen and oxygen atoms in total. The van der Waals surface area contributed by atoms with Crippen LogP contribution in [0.3, 0.4) is 0 Å². The van der Waals surface area contributed by atoms with Gasteiger partial charge in [0.25, 0.3) is 5.91 Å². The number of rotatable bonds is 4. The number of thiophene rings is 1. The Morgan fingerprint density at radius 1 is 1.47 bits per heavy atom. The maximum Gasteiger partial charge on any atom is 0.323 e. The summed E-state index contributed by atoms with van der Waals surface area (Å²) in [5.41, 5.74) is 1.62. The number of thiazole rings is 1. The third-order valence-electron chi connectivity index (χ3n) is 2.48. The fourth-order valence-electron chi connectivity index (χ4n) is 1.55. The molecule has 0 spiro atoms. The molecule has 1 amide bonds. The molecule has 0 aromatic carbocycles. The fourth-order valence-corrected chi connectivity index (χ4v) is 3.32. The first-order valence-corrected chi connectivity index (χ1v) is 7.22. The van der Waals surface area contributed by atoms with Crippen LogP contribution in [-0.2, 0) is 4.79 Å². The first-order valence-electron chi connectivity index (χ1n) is 5.46. The summed E-state index contributed by atoms with van der Waals surface area (Å²) < 4.78 is 0. The Balaban J connectivity index is 2.26. The van der Waals surface area contributed by atoms with Gasteiger partial charge < -0.3 is 10.0 Å². The Labute approximate surface area is 118 Å². The van der Waals surface area contributed by atoms with E-state index in [1.807, 2.05) is 16.8 Å². The second-order valence-electron chi connectivity index (χ2n) is 4.00. The van der Waals surface area contributed by atoms with Gasteiger partial charge in [-0.1, -0.05) is 0 Å². The Bertz CT molecular complexity index is 605. The summed E-state index contributed by atoms with van der Waals surface area (Å²) >= 11 is 2.86. The first-order chi connectivity index (χ1) is 8.99. The molecular weight excluding hydrogens is 284 g/mol. The molecule has 1 N–H and O–H groups in total. The zero-order valence-electron chi connectivity index (χ0n) is 10.4. The minimum absolute atomic E-state index is 0.307. The first kappa shape index (κ1) is 13.7. The molecule has 0 radical (unpaired) electrons. The highest BCUT2D eigenvalue weighted by Crippen LogP contribution is 2.29. The highest BCUT2D eigenvalue weighted by molar-refractivity contribution is 7.17. The van der Waals surface area contributed by atoms with Crippen molar-refractivity contribution in [1.82, 2.24) is 9.88 Å². The molecule has 0 aliphatic rings. The third kappa shape index (κ3) is 2.99. The van der Waals surface area contributed by atoms with E-state index in [2.05, 4.69) is 4.98 Å². The topological polar surface area (TPSA) is 70.5 Å². The quantitative estimate of drug-likeness (QED) is 0.940. The van der Waals surface area contributed by atoms with Crippen molar-refractivity contribution in [1.29, 1.82) is 0 Å². The van der Waals surface area contributed by atoms with Crippen LogP contribution in [-0.4, -0.2) is 40.5 Å². The Kier molecular flexibility index (Phi) is 3.96. The molecule has 0 bridgehead atoms. The SMILES string of the molecule is Cc1nc(-c2ccsc2)sc1C(=O)N(C)CC(=O)O. The second kappa shape index (κ2) is 5.50. The van der Waals surface area contributed by atoms with Gasteiger partial charge >= 0.3 is 5.97 Å². The summed E-state index contributed by atoms with van der Waals surface area (Å²) in [6.45, 7) is 1.44. The molecule has 0 saturated heterocycles. The van der Waals surface area contributed by atoms with E-state index in [-0.39, 0.29) is 12.5 Å². The second-order valence-corrected chi connectivity index (χ2v) is 5.78. The van der Waals surface area contributed by atoms with Crippen molar-refractivity contribution >= 4 is 34.6 Å². The number of carboxylic acid groups (broad SMARTS) is 1. The summed E-state index contributed by atoms with van der Waals surface area (Å²) in [5.74, 6) is -1.34. The predicted molar refractivity (Wildman–Crippen MR) is 74.8 cm³/mol. The van der Waals surface area contributed by atoms with Gasteiger partial charge in [0.05, 0.1) is 5.69 Å². The number of hydrogen-bond donors (Lipinski definition) is 1. The molecular formula is C12H12N2O3S2. The van der Waals surface area contributed by atoms with Crippen LogP contribution in [0.5, 0.6) is 0 Å². The van der Waals surface area contributed by atoms with Crippen LogP contribution in [0.1, 0.15) is 15.4 Å². The van der Waals surface area contributed by atoms with Crippen molar-refractivity contribution < 1.29 is 14.7 Å². The highest BCUT2D eigenvalue weighted by atomic mass is 32.1. The highest BCUT2D eigenvalue weighted by Gasteiger charge is 2.20. The van der Waals surface area contributed by atoms with Crippen LogP contribution in [0, 0.1) is 6.92 Å². The monoisotopic (exact) mass is 296 g/mol. The number of likely N-dealkylation sites (N-methyl/N-ethyl adjacent to an activating group) is 1. The summed E-state index contributed by atoms with van der Waals surface area (Å²) in [6, 6.07) is 1.94. The minimum atomic E-state index is -1.03. The molecule has 2 aromatic rings. The van der Waals surface area contributed by atoms with Crippen molar-refractivity contribution in [2.75, 3.05) is 13.6 Å². The maximum absolute atomic E-state index is 12.1. The molecule has 7 heteroatoms. The van der Waals surface area contributed by atoms with E-state index in [4.69, 9.17) is 5.11 Å². The smallest absolute Gasteiger partial charge is 0.323 e. The van der Waals surface area contributed by atoms with E-state index >= 15 is 0 Å². The number of hydrogen-bond acceptors (Lipinski definition) is 5. The minimum Gasteiger partial charge on any atom is -0.480 e. The zero-order chi connectivity index (χ0) is 14.0. The number of aromatic nitrogens is 1. The summed E-state index contributed by atoms with van der Waals surface area (Å²) in [6.07, 6.45) is 0. The molecule has 19 heavy (non-hydrogen) atoms. The lowest BCUT2D eigenvalue weighted by atomic mass is 10.3. The Morgan fingerprint density at radius 3 is 2.79 bits per heavy atom. The molecule has 0 atom stereocenters. The summed E-state index contributed by atoms with van der Waals surface area (Å²) in [5, 5.41) is 13.4.